The maximum absolute atomic E-state index is 13.5. The van der Waals surface area contributed by atoms with E-state index < -0.39 is 0 Å². The molecule has 1 atom stereocenters. The number of pyridine rings is 1. The summed E-state index contributed by atoms with van der Waals surface area (Å²) in [5, 5.41) is 1.07. The number of benzene rings is 2. The maximum atomic E-state index is 13.5. The molecule has 0 bridgehead atoms. The monoisotopic (exact) mass is 555 g/mol. The van der Waals surface area contributed by atoms with Crippen LogP contribution in [-0.4, -0.2) is 19.5 Å². The zero-order valence-corrected chi connectivity index (χ0v) is 25.2. The third-order valence-corrected chi connectivity index (χ3v) is 8.49. The lowest BCUT2D eigenvalue weighted by Gasteiger charge is -2.25. The van der Waals surface area contributed by atoms with Gasteiger partial charge >= 0.3 is 0 Å². The van der Waals surface area contributed by atoms with Gasteiger partial charge in [0.05, 0.1) is 22.9 Å². The number of fused-ring (bicyclic) bond motifs is 3. The molecule has 5 heteroatoms. The van der Waals surface area contributed by atoms with Gasteiger partial charge in [0.2, 0.25) is 0 Å². The number of aromatic nitrogens is 3. The molecule has 5 rings (SSSR count). The highest BCUT2D eigenvalue weighted by Gasteiger charge is 2.30. The van der Waals surface area contributed by atoms with Crippen LogP contribution in [0.15, 0.2) is 60.2 Å². The molecule has 0 fully saturated rings. The normalized spacial score (nSPS) is 14.6. The molecule has 0 radical (unpaired) electrons. The fraction of sp³-hybridized carbons (Fsp3) is 0.486. The average Bonchev–Trinajstić information content (AvgIpc) is 3.47. The molecular formula is C35H45N3OS. The Balaban J connectivity index is 0.000000343. The van der Waals surface area contributed by atoms with Gasteiger partial charge in [0, 0.05) is 16.9 Å². The number of carbonyl (C=O) groups excluding carboxylic acids is 1. The summed E-state index contributed by atoms with van der Waals surface area (Å²) in [7, 11) is 0. The van der Waals surface area contributed by atoms with E-state index in [0.29, 0.717) is 5.78 Å². The van der Waals surface area contributed by atoms with E-state index in [9.17, 15) is 4.79 Å². The highest BCUT2D eigenvalue weighted by molar-refractivity contribution is 7.00. The average molecular weight is 556 g/mol. The summed E-state index contributed by atoms with van der Waals surface area (Å²) >= 11 is 1.25. The van der Waals surface area contributed by atoms with Crippen molar-refractivity contribution in [3.8, 4) is 0 Å². The lowest BCUT2D eigenvalue weighted by Crippen LogP contribution is -2.23. The third-order valence-electron chi connectivity index (χ3n) is 7.93. The molecular weight excluding hydrogens is 510 g/mol. The third kappa shape index (κ3) is 8.54. The Kier molecular flexibility index (Phi) is 12.3. The second kappa shape index (κ2) is 16.4. The Bertz CT molecular complexity index is 1350. The molecule has 1 aliphatic carbocycles. The second-order valence-electron chi connectivity index (χ2n) is 11.1. The molecule has 0 saturated carbocycles. The summed E-state index contributed by atoms with van der Waals surface area (Å²) in [6.45, 7) is 4.52. The molecule has 2 aromatic heterocycles. The van der Waals surface area contributed by atoms with Crippen molar-refractivity contribution in [2.24, 2.45) is 5.92 Å². The van der Waals surface area contributed by atoms with Gasteiger partial charge in [0.1, 0.15) is 11.0 Å². The number of carbonyl (C=O) groups is 1. The van der Waals surface area contributed by atoms with Crippen LogP contribution in [0.4, 0.5) is 0 Å². The summed E-state index contributed by atoms with van der Waals surface area (Å²) < 4.78 is 8.10. The number of hydrogen-bond acceptors (Lipinski definition) is 5. The molecule has 2 heterocycles. The highest BCUT2D eigenvalue weighted by Crippen LogP contribution is 2.35. The van der Waals surface area contributed by atoms with Crippen LogP contribution < -0.4 is 0 Å². The zero-order chi connectivity index (χ0) is 28.0. The quantitative estimate of drug-likeness (QED) is 0.145. The van der Waals surface area contributed by atoms with E-state index in [0.717, 1.165) is 52.5 Å². The van der Waals surface area contributed by atoms with Gasteiger partial charge in [-0.05, 0) is 49.6 Å². The molecule has 1 aliphatic rings. The van der Waals surface area contributed by atoms with Crippen LogP contribution in [-0.2, 0) is 0 Å². The number of allylic oxidation sites excluding steroid dienone is 1. The molecule has 1 unspecified atom stereocenters. The number of para-hydroxylation sites is 1. The van der Waals surface area contributed by atoms with Crippen LogP contribution in [0.2, 0.25) is 0 Å². The number of ketones is 1. The van der Waals surface area contributed by atoms with Crippen LogP contribution in [0.1, 0.15) is 120 Å². The van der Waals surface area contributed by atoms with E-state index in [1.165, 1.54) is 87.9 Å². The summed E-state index contributed by atoms with van der Waals surface area (Å²) in [5.74, 6) is 0.376. The van der Waals surface area contributed by atoms with Gasteiger partial charge in [-0.2, -0.15) is 8.75 Å². The Labute approximate surface area is 244 Å². The van der Waals surface area contributed by atoms with Crippen LogP contribution in [0.5, 0.6) is 0 Å². The van der Waals surface area contributed by atoms with Crippen LogP contribution in [0, 0.1) is 5.92 Å². The Morgan fingerprint density at radius 3 is 1.95 bits per heavy atom. The van der Waals surface area contributed by atoms with Gasteiger partial charge in [-0.15, -0.1) is 0 Å². The molecule has 4 aromatic rings. The molecule has 0 aliphatic heterocycles. The fourth-order valence-corrected chi connectivity index (χ4v) is 6.12. The maximum Gasteiger partial charge on any atom is 0.172 e. The summed E-state index contributed by atoms with van der Waals surface area (Å²) in [4.78, 5) is 18.4. The lowest BCUT2D eigenvalue weighted by atomic mass is 9.79. The van der Waals surface area contributed by atoms with Crippen molar-refractivity contribution in [1.82, 2.24) is 13.7 Å². The summed E-state index contributed by atoms with van der Waals surface area (Å²) in [6, 6.07) is 18.1. The second-order valence-corrected chi connectivity index (χ2v) is 11.6. The first-order valence-electron chi connectivity index (χ1n) is 15.5. The number of rotatable bonds is 14. The molecule has 0 saturated heterocycles. The van der Waals surface area contributed by atoms with Gasteiger partial charge in [0.15, 0.2) is 5.78 Å². The molecule has 2 aromatic carbocycles. The summed E-state index contributed by atoms with van der Waals surface area (Å²) in [5.41, 5.74) is 6.02. The molecule has 0 amide bonds. The molecule has 4 nitrogen and oxygen atoms in total. The van der Waals surface area contributed by atoms with Gasteiger partial charge in [-0.1, -0.05) is 120 Å². The van der Waals surface area contributed by atoms with E-state index in [-0.39, 0.29) is 5.92 Å². The van der Waals surface area contributed by atoms with Gasteiger partial charge in [-0.3, -0.25) is 4.79 Å². The number of Topliss-reactive ketones (excluding diaryl/α,β-unsaturated/α-hetero) is 1. The minimum Gasteiger partial charge on any atom is -0.293 e. The van der Waals surface area contributed by atoms with Crippen molar-refractivity contribution in [2.45, 2.75) is 104 Å². The largest absolute Gasteiger partial charge is 0.293 e. The Hall–Kier alpha value is -2.92. The molecule has 0 spiro atoms. The zero-order valence-electron chi connectivity index (χ0n) is 24.4. The standard InChI is InChI=1S/C29H41NO.C6H4N2S/c1-3-5-7-9-10-11-12-14-19-25-23(17-13-8-6-4-2)22-28-26(29(25)31)21-24-18-15-16-20-27(24)30-28;1-2-4-6-5(3-1)7-9-8-6/h15-16,18,20-22,25H,3-14,17,19H2,1-2H3;1-4H. The molecule has 40 heavy (non-hydrogen) atoms. The number of nitrogens with zero attached hydrogens (tertiary/aromatic N) is 3. The van der Waals surface area contributed by atoms with E-state index in [2.05, 4.69) is 40.8 Å². The van der Waals surface area contributed by atoms with E-state index in [4.69, 9.17) is 4.98 Å². The van der Waals surface area contributed by atoms with Crippen molar-refractivity contribution in [2.75, 3.05) is 0 Å². The van der Waals surface area contributed by atoms with E-state index in [1.807, 2.05) is 42.5 Å². The summed E-state index contributed by atoms with van der Waals surface area (Å²) in [6.07, 6.45) is 19.7. The van der Waals surface area contributed by atoms with E-state index in [1.54, 1.807) is 0 Å². The first kappa shape index (κ1) is 30.0. The van der Waals surface area contributed by atoms with Gasteiger partial charge in [0.25, 0.3) is 0 Å². The Morgan fingerprint density at radius 2 is 1.27 bits per heavy atom. The smallest absolute Gasteiger partial charge is 0.172 e. The number of unbranched alkanes of at least 4 members (excludes halogenated alkanes) is 10. The Morgan fingerprint density at radius 1 is 0.700 bits per heavy atom. The fourth-order valence-electron chi connectivity index (χ4n) is 5.60. The highest BCUT2D eigenvalue weighted by atomic mass is 32.1. The van der Waals surface area contributed by atoms with E-state index >= 15 is 0 Å². The van der Waals surface area contributed by atoms with Crippen LogP contribution in [0.3, 0.4) is 0 Å². The molecule has 0 N–H and O–H groups in total. The van der Waals surface area contributed by atoms with Crippen LogP contribution in [0.25, 0.3) is 28.0 Å². The van der Waals surface area contributed by atoms with Crippen molar-refractivity contribution in [3.05, 3.63) is 71.4 Å². The lowest BCUT2D eigenvalue weighted by molar-refractivity contribution is 0.0928. The topological polar surface area (TPSA) is 55.7 Å². The first-order valence-corrected chi connectivity index (χ1v) is 16.3. The predicted octanol–water partition coefficient (Wildman–Crippen LogP) is 10.6. The number of hydrogen-bond donors (Lipinski definition) is 0. The minimum absolute atomic E-state index is 0.0668. The molecule has 212 valence electrons. The van der Waals surface area contributed by atoms with Crippen molar-refractivity contribution in [3.63, 3.8) is 0 Å². The minimum atomic E-state index is 0.0668. The SMILES string of the molecule is CCCCCCCCCCC1C(=O)c2cc3ccccc3nc2C=C1CCCCCC.c1ccc2nsnc2c1. The first-order chi connectivity index (χ1) is 19.7. The predicted molar refractivity (Wildman–Crippen MR) is 171 cm³/mol. The van der Waals surface area contributed by atoms with Gasteiger partial charge in [-0.25, -0.2) is 4.98 Å². The van der Waals surface area contributed by atoms with Crippen LogP contribution >= 0.6 is 11.7 Å². The van der Waals surface area contributed by atoms with Crippen molar-refractivity contribution < 1.29 is 4.79 Å². The van der Waals surface area contributed by atoms with Gasteiger partial charge < -0.3 is 0 Å². The van der Waals surface area contributed by atoms with Crippen molar-refractivity contribution >= 4 is 45.5 Å². The van der Waals surface area contributed by atoms with Crippen molar-refractivity contribution in [1.29, 1.82) is 0 Å².